The number of aliphatic hydroxyl groups is 1. The molecule has 0 bridgehead atoms. The molecule has 13 heavy (non-hydrogen) atoms. The van der Waals surface area contributed by atoms with Crippen LogP contribution >= 0.6 is 11.5 Å². The average molecular weight is 197 g/mol. The zero-order valence-electron chi connectivity index (χ0n) is 7.86. The fourth-order valence-electron chi connectivity index (χ4n) is 2.00. The van der Waals surface area contributed by atoms with Crippen LogP contribution in [0.25, 0.3) is 0 Å². The third-order valence-corrected chi connectivity index (χ3v) is 3.75. The Bertz CT molecular complexity index is 284. The highest BCUT2D eigenvalue weighted by atomic mass is 32.1. The third kappa shape index (κ3) is 1.92. The molecule has 0 amide bonds. The maximum atomic E-state index is 9.81. The molecule has 1 aliphatic carbocycles. The molecule has 2 atom stereocenters. The van der Waals surface area contributed by atoms with Crippen molar-refractivity contribution in [2.75, 3.05) is 0 Å². The number of hydrogen-bond donors (Lipinski definition) is 1. The maximum Gasteiger partial charge on any atom is 0.0617 e. The summed E-state index contributed by atoms with van der Waals surface area (Å²) in [5.74, 6) is 0.361. The molecular formula is C10H15NOS. The number of aryl methyl sites for hydroxylation is 1. The van der Waals surface area contributed by atoms with Crippen LogP contribution in [0.15, 0.2) is 6.07 Å². The number of aliphatic hydroxyl groups excluding tert-OH is 1. The van der Waals surface area contributed by atoms with E-state index in [0.29, 0.717) is 5.92 Å². The number of hydrogen-bond acceptors (Lipinski definition) is 3. The summed E-state index contributed by atoms with van der Waals surface area (Å²) in [6.07, 6.45) is 4.38. The predicted octanol–water partition coefficient (Wildman–Crippen LogP) is 2.47. The molecular weight excluding hydrogens is 182 g/mol. The van der Waals surface area contributed by atoms with Gasteiger partial charge in [0.1, 0.15) is 0 Å². The lowest BCUT2D eigenvalue weighted by atomic mass is 9.85. The lowest BCUT2D eigenvalue weighted by molar-refractivity contribution is 0.107. The minimum absolute atomic E-state index is 0.131. The van der Waals surface area contributed by atoms with Crippen LogP contribution in [0.3, 0.4) is 0 Å². The van der Waals surface area contributed by atoms with Crippen molar-refractivity contribution in [2.24, 2.45) is 0 Å². The van der Waals surface area contributed by atoms with Crippen LogP contribution in [0.2, 0.25) is 0 Å². The summed E-state index contributed by atoms with van der Waals surface area (Å²) in [5.41, 5.74) is 1.08. The number of rotatable bonds is 1. The Morgan fingerprint density at radius 1 is 1.46 bits per heavy atom. The first-order valence-electron chi connectivity index (χ1n) is 4.88. The fraction of sp³-hybridized carbons (Fsp3) is 0.700. The Morgan fingerprint density at radius 2 is 2.23 bits per heavy atom. The topological polar surface area (TPSA) is 33.1 Å². The van der Waals surface area contributed by atoms with Gasteiger partial charge < -0.3 is 5.11 Å². The molecule has 1 saturated carbocycles. The van der Waals surface area contributed by atoms with Gasteiger partial charge in [0.15, 0.2) is 0 Å². The van der Waals surface area contributed by atoms with Crippen molar-refractivity contribution >= 4 is 11.5 Å². The van der Waals surface area contributed by atoms with Gasteiger partial charge in [-0.2, -0.15) is 4.37 Å². The summed E-state index contributed by atoms with van der Waals surface area (Å²) in [6.45, 7) is 2.01. The molecule has 1 N–H and O–H groups in total. The molecule has 1 heterocycles. The smallest absolute Gasteiger partial charge is 0.0617 e. The van der Waals surface area contributed by atoms with E-state index >= 15 is 0 Å². The van der Waals surface area contributed by atoms with Crippen molar-refractivity contribution in [3.05, 3.63) is 16.6 Å². The Balaban J connectivity index is 2.14. The molecule has 0 unspecified atom stereocenters. The Morgan fingerprint density at radius 3 is 2.85 bits per heavy atom. The second-order valence-corrected chi connectivity index (χ2v) is 4.67. The van der Waals surface area contributed by atoms with Gasteiger partial charge in [0, 0.05) is 10.8 Å². The molecule has 0 aromatic carbocycles. The highest BCUT2D eigenvalue weighted by molar-refractivity contribution is 7.05. The van der Waals surface area contributed by atoms with E-state index in [2.05, 4.69) is 10.4 Å². The molecule has 72 valence electrons. The van der Waals surface area contributed by atoms with Crippen LogP contribution in [0.4, 0.5) is 0 Å². The van der Waals surface area contributed by atoms with Crippen LogP contribution in [0.1, 0.15) is 42.2 Å². The Kier molecular flexibility index (Phi) is 2.65. The van der Waals surface area contributed by atoms with Crippen molar-refractivity contribution < 1.29 is 5.11 Å². The number of nitrogens with zero attached hydrogens (tertiary/aromatic N) is 1. The minimum atomic E-state index is -0.131. The standard InChI is InChI=1S/C10H15NOS/c1-7-6-10(13-11-7)8-4-2-3-5-9(8)12/h6,8-9,12H,2-5H2,1H3/t8-,9-/m1/s1. The van der Waals surface area contributed by atoms with Gasteiger partial charge >= 0.3 is 0 Å². The van der Waals surface area contributed by atoms with E-state index in [1.807, 2.05) is 6.92 Å². The Labute approximate surface area is 82.8 Å². The van der Waals surface area contributed by atoms with Crippen LogP contribution < -0.4 is 0 Å². The van der Waals surface area contributed by atoms with E-state index in [1.54, 1.807) is 11.5 Å². The SMILES string of the molecule is Cc1cc([C@@H]2CCCC[C@H]2O)sn1. The summed E-state index contributed by atoms with van der Waals surface area (Å²) in [7, 11) is 0. The van der Waals surface area contributed by atoms with E-state index in [9.17, 15) is 5.11 Å². The van der Waals surface area contributed by atoms with Gasteiger partial charge in [-0.1, -0.05) is 12.8 Å². The lowest BCUT2D eigenvalue weighted by Crippen LogP contribution is -2.21. The first-order valence-corrected chi connectivity index (χ1v) is 5.66. The van der Waals surface area contributed by atoms with Crippen LogP contribution in [0.5, 0.6) is 0 Å². The van der Waals surface area contributed by atoms with Crippen molar-refractivity contribution in [1.29, 1.82) is 0 Å². The largest absolute Gasteiger partial charge is 0.392 e. The van der Waals surface area contributed by atoms with Crippen LogP contribution in [-0.4, -0.2) is 15.6 Å². The highest BCUT2D eigenvalue weighted by Gasteiger charge is 2.25. The van der Waals surface area contributed by atoms with Crippen LogP contribution in [-0.2, 0) is 0 Å². The summed E-state index contributed by atoms with van der Waals surface area (Å²) in [5, 5.41) is 9.81. The summed E-state index contributed by atoms with van der Waals surface area (Å²) >= 11 is 1.55. The van der Waals surface area contributed by atoms with Crippen molar-refractivity contribution in [3.63, 3.8) is 0 Å². The van der Waals surface area contributed by atoms with E-state index in [1.165, 1.54) is 17.7 Å². The second kappa shape index (κ2) is 3.76. The Hall–Kier alpha value is -0.410. The van der Waals surface area contributed by atoms with E-state index in [0.717, 1.165) is 18.5 Å². The second-order valence-electron chi connectivity index (χ2n) is 3.83. The molecule has 2 rings (SSSR count). The average Bonchev–Trinajstić information content (AvgIpc) is 2.53. The highest BCUT2D eigenvalue weighted by Crippen LogP contribution is 2.35. The van der Waals surface area contributed by atoms with E-state index in [-0.39, 0.29) is 6.10 Å². The molecule has 1 aromatic rings. The molecule has 0 spiro atoms. The lowest BCUT2D eigenvalue weighted by Gasteiger charge is -2.26. The van der Waals surface area contributed by atoms with Crippen LogP contribution in [0, 0.1) is 6.92 Å². The van der Waals surface area contributed by atoms with Gasteiger partial charge in [-0.25, -0.2) is 0 Å². The molecule has 2 nitrogen and oxygen atoms in total. The zero-order chi connectivity index (χ0) is 9.26. The molecule has 0 radical (unpaired) electrons. The van der Waals surface area contributed by atoms with Crippen molar-refractivity contribution in [1.82, 2.24) is 4.37 Å². The van der Waals surface area contributed by atoms with Gasteiger partial charge in [-0.3, -0.25) is 0 Å². The summed E-state index contributed by atoms with van der Waals surface area (Å²) in [4.78, 5) is 1.27. The number of aromatic nitrogens is 1. The molecule has 1 aromatic heterocycles. The molecule has 0 aliphatic heterocycles. The maximum absolute atomic E-state index is 9.81. The fourth-order valence-corrected chi connectivity index (χ4v) is 2.94. The first-order chi connectivity index (χ1) is 6.27. The van der Waals surface area contributed by atoms with Gasteiger partial charge in [-0.05, 0) is 37.4 Å². The van der Waals surface area contributed by atoms with Crippen molar-refractivity contribution in [2.45, 2.75) is 44.6 Å². The first kappa shape index (κ1) is 9.16. The van der Waals surface area contributed by atoms with E-state index in [4.69, 9.17) is 0 Å². The molecule has 1 fully saturated rings. The normalized spacial score (nSPS) is 29.1. The molecule has 3 heteroatoms. The molecule has 0 saturated heterocycles. The monoisotopic (exact) mass is 197 g/mol. The zero-order valence-corrected chi connectivity index (χ0v) is 8.68. The van der Waals surface area contributed by atoms with Crippen molar-refractivity contribution in [3.8, 4) is 0 Å². The summed E-state index contributed by atoms with van der Waals surface area (Å²) in [6, 6.07) is 2.11. The van der Waals surface area contributed by atoms with Gasteiger partial charge in [-0.15, -0.1) is 0 Å². The quantitative estimate of drug-likeness (QED) is 0.750. The van der Waals surface area contributed by atoms with Gasteiger partial charge in [0.25, 0.3) is 0 Å². The molecule has 1 aliphatic rings. The third-order valence-electron chi connectivity index (χ3n) is 2.74. The van der Waals surface area contributed by atoms with Gasteiger partial charge in [0.2, 0.25) is 0 Å². The van der Waals surface area contributed by atoms with E-state index < -0.39 is 0 Å². The van der Waals surface area contributed by atoms with Gasteiger partial charge in [0.05, 0.1) is 11.8 Å². The predicted molar refractivity (Wildman–Crippen MR) is 54.1 cm³/mol. The minimum Gasteiger partial charge on any atom is -0.392 e. The summed E-state index contributed by atoms with van der Waals surface area (Å²) < 4.78 is 4.26.